The highest BCUT2D eigenvalue weighted by molar-refractivity contribution is 5.88. The molecule has 3 heterocycles. The largest absolute Gasteiger partial charge is 0.478 e. The Morgan fingerprint density at radius 1 is 1.05 bits per heavy atom. The second kappa shape index (κ2) is 11.6. The Hall–Kier alpha value is -4.50. The summed E-state index contributed by atoms with van der Waals surface area (Å²) in [6.45, 7) is 6.76. The van der Waals surface area contributed by atoms with E-state index < -0.39 is 12.1 Å². The molecule has 1 fully saturated rings. The number of aryl methyl sites for hydroxylation is 2. The number of carbonyl (C=O) groups is 2. The van der Waals surface area contributed by atoms with Crippen molar-refractivity contribution in [1.82, 2.24) is 19.7 Å². The number of aromatic nitrogens is 3. The molecule has 2 aliphatic rings. The Labute approximate surface area is 251 Å². The molecule has 0 spiro atoms. The lowest BCUT2D eigenvalue weighted by atomic mass is 9.88. The summed E-state index contributed by atoms with van der Waals surface area (Å²) in [5.74, 6) is -0.213. The molecule has 9 heteroatoms. The maximum Gasteiger partial charge on any atom is 0.339 e. The second-order valence-corrected chi connectivity index (χ2v) is 11.7. The SMILES string of the molecule is Cc1cc(C2CCN(C(=O)[C@H](C)O)CC2)ccc1NC1CCc2cccc(-c3ccnc(-n4ncc(C(=O)O)c4C)c3)c21. The number of aliphatic hydroxyl groups excluding tert-OH is 1. The Kier molecular flexibility index (Phi) is 7.75. The number of aromatic carboxylic acids is 1. The molecule has 0 bridgehead atoms. The number of carbonyl (C=O) groups excluding carboxylic acids is 1. The third-order valence-corrected chi connectivity index (χ3v) is 8.98. The standard InChI is InChI=1S/C34H37N5O4/c1-20-17-25(23-12-15-38(16-13-23)33(41)22(3)40)8-9-29(20)37-30-10-7-24-5-4-6-27(32(24)30)26-11-14-35-31(18-26)39-21(2)28(19-36-39)34(42)43/h4-6,8-9,11,14,17-19,22-23,30,37,40H,7,10,12-13,15-16H2,1-3H3,(H,42,43)/t22-,30?/m0/s1. The molecule has 1 unspecified atom stereocenters. The predicted octanol–water partition coefficient (Wildman–Crippen LogP) is 5.44. The number of likely N-dealkylation sites (tertiary alicyclic amines) is 1. The molecule has 6 rings (SSSR count). The van der Waals surface area contributed by atoms with Crippen molar-refractivity contribution in [2.45, 2.75) is 64.5 Å². The van der Waals surface area contributed by atoms with Gasteiger partial charge in [0.05, 0.1) is 17.9 Å². The minimum Gasteiger partial charge on any atom is -0.478 e. The van der Waals surface area contributed by atoms with E-state index in [9.17, 15) is 19.8 Å². The van der Waals surface area contributed by atoms with E-state index in [0.29, 0.717) is 30.5 Å². The van der Waals surface area contributed by atoms with Gasteiger partial charge < -0.3 is 20.4 Å². The van der Waals surface area contributed by atoms with Gasteiger partial charge in [-0.1, -0.05) is 30.3 Å². The highest BCUT2D eigenvalue weighted by Gasteiger charge is 2.28. The van der Waals surface area contributed by atoms with Crippen LogP contribution in [-0.4, -0.2) is 60.9 Å². The lowest BCUT2D eigenvalue weighted by molar-refractivity contribution is -0.140. The van der Waals surface area contributed by atoms with E-state index in [1.165, 1.54) is 35.4 Å². The summed E-state index contributed by atoms with van der Waals surface area (Å²) >= 11 is 0. The minimum absolute atomic E-state index is 0.146. The van der Waals surface area contributed by atoms with Gasteiger partial charge in [-0.15, -0.1) is 0 Å². The Bertz CT molecular complexity index is 1690. The maximum atomic E-state index is 12.2. The van der Waals surface area contributed by atoms with Crippen LogP contribution in [0.15, 0.2) is 60.9 Å². The van der Waals surface area contributed by atoms with Crippen LogP contribution in [0.2, 0.25) is 0 Å². The summed E-state index contributed by atoms with van der Waals surface area (Å²) in [6, 6.07) is 17.2. The Balaban J connectivity index is 1.22. The van der Waals surface area contributed by atoms with Crippen molar-refractivity contribution in [3.63, 3.8) is 0 Å². The van der Waals surface area contributed by atoms with Gasteiger partial charge in [0.1, 0.15) is 11.7 Å². The fourth-order valence-electron chi connectivity index (χ4n) is 6.62. The van der Waals surface area contributed by atoms with E-state index in [1.54, 1.807) is 22.7 Å². The number of anilines is 1. The normalized spacial score (nSPS) is 17.5. The van der Waals surface area contributed by atoms with Crippen LogP contribution in [0.1, 0.15) is 76.5 Å². The van der Waals surface area contributed by atoms with Gasteiger partial charge in [0.25, 0.3) is 5.91 Å². The monoisotopic (exact) mass is 579 g/mol. The fourth-order valence-corrected chi connectivity index (χ4v) is 6.62. The second-order valence-electron chi connectivity index (χ2n) is 11.7. The van der Waals surface area contributed by atoms with Crippen molar-refractivity contribution >= 4 is 17.6 Å². The number of aliphatic hydroxyl groups is 1. The van der Waals surface area contributed by atoms with E-state index in [-0.39, 0.29) is 17.5 Å². The molecule has 1 saturated heterocycles. The number of carboxylic acids is 1. The zero-order valence-corrected chi connectivity index (χ0v) is 24.7. The number of hydrogen-bond acceptors (Lipinski definition) is 6. The number of rotatable bonds is 7. The first-order valence-electron chi connectivity index (χ1n) is 14.9. The van der Waals surface area contributed by atoms with Gasteiger partial charge in [0.2, 0.25) is 0 Å². The topological polar surface area (TPSA) is 121 Å². The first-order valence-corrected chi connectivity index (χ1v) is 14.9. The summed E-state index contributed by atoms with van der Waals surface area (Å²) in [5.41, 5.74) is 9.04. The minimum atomic E-state index is -1.01. The van der Waals surface area contributed by atoms with Crippen LogP contribution in [0.3, 0.4) is 0 Å². The van der Waals surface area contributed by atoms with Crippen LogP contribution in [-0.2, 0) is 11.2 Å². The molecule has 43 heavy (non-hydrogen) atoms. The van der Waals surface area contributed by atoms with Crippen LogP contribution in [0.4, 0.5) is 5.69 Å². The lowest BCUT2D eigenvalue weighted by Crippen LogP contribution is -2.42. The number of nitrogens with zero attached hydrogens (tertiary/aromatic N) is 4. The zero-order valence-electron chi connectivity index (χ0n) is 24.7. The van der Waals surface area contributed by atoms with Crippen LogP contribution in [0.5, 0.6) is 0 Å². The van der Waals surface area contributed by atoms with Crippen molar-refractivity contribution in [3.8, 4) is 16.9 Å². The molecule has 0 saturated carbocycles. The van der Waals surface area contributed by atoms with Crippen LogP contribution in [0, 0.1) is 13.8 Å². The molecular formula is C34H37N5O4. The number of fused-ring (bicyclic) bond motifs is 1. The molecule has 3 N–H and O–H groups in total. The number of carboxylic acid groups (broad SMARTS) is 1. The molecule has 1 aliphatic heterocycles. The zero-order chi connectivity index (χ0) is 30.2. The molecule has 4 aromatic rings. The van der Waals surface area contributed by atoms with Gasteiger partial charge >= 0.3 is 5.97 Å². The molecule has 2 aromatic carbocycles. The fraction of sp³-hybridized carbons (Fsp3) is 0.353. The Morgan fingerprint density at radius 3 is 2.53 bits per heavy atom. The van der Waals surface area contributed by atoms with Crippen LogP contribution >= 0.6 is 0 Å². The number of piperidine rings is 1. The molecule has 9 nitrogen and oxygen atoms in total. The highest BCUT2D eigenvalue weighted by Crippen LogP contribution is 2.41. The summed E-state index contributed by atoms with van der Waals surface area (Å²) in [6.07, 6.45) is 5.93. The number of hydrogen-bond donors (Lipinski definition) is 3. The molecule has 1 amide bonds. The Morgan fingerprint density at radius 2 is 1.84 bits per heavy atom. The van der Waals surface area contributed by atoms with Crippen LogP contribution in [0.25, 0.3) is 16.9 Å². The quantitative estimate of drug-likeness (QED) is 0.267. The molecule has 1 aliphatic carbocycles. The lowest BCUT2D eigenvalue weighted by Gasteiger charge is -2.33. The van der Waals surface area contributed by atoms with Crippen molar-refractivity contribution in [2.75, 3.05) is 18.4 Å². The van der Waals surface area contributed by atoms with E-state index in [0.717, 1.165) is 42.5 Å². The highest BCUT2D eigenvalue weighted by atomic mass is 16.4. The summed E-state index contributed by atoms with van der Waals surface area (Å²) in [7, 11) is 0. The van der Waals surface area contributed by atoms with Crippen LogP contribution < -0.4 is 5.32 Å². The van der Waals surface area contributed by atoms with Crippen molar-refractivity contribution in [2.24, 2.45) is 0 Å². The number of nitrogens with one attached hydrogen (secondary N) is 1. The van der Waals surface area contributed by atoms with Crippen molar-refractivity contribution in [3.05, 3.63) is 94.4 Å². The molecular weight excluding hydrogens is 542 g/mol. The van der Waals surface area contributed by atoms with Gasteiger partial charge in [-0.2, -0.15) is 5.10 Å². The van der Waals surface area contributed by atoms with Gasteiger partial charge in [-0.25, -0.2) is 14.5 Å². The number of amides is 1. The molecule has 2 aromatic heterocycles. The van der Waals surface area contributed by atoms with E-state index >= 15 is 0 Å². The van der Waals surface area contributed by atoms with Gasteiger partial charge in [-0.3, -0.25) is 4.79 Å². The van der Waals surface area contributed by atoms with E-state index in [2.05, 4.69) is 58.7 Å². The molecule has 2 atom stereocenters. The summed E-state index contributed by atoms with van der Waals surface area (Å²) < 4.78 is 1.58. The third kappa shape index (κ3) is 5.52. The van der Waals surface area contributed by atoms with Crippen molar-refractivity contribution < 1.29 is 19.8 Å². The summed E-state index contributed by atoms with van der Waals surface area (Å²) in [4.78, 5) is 30.0. The van der Waals surface area contributed by atoms with Gasteiger partial charge in [-0.05, 0) is 104 Å². The third-order valence-electron chi connectivity index (χ3n) is 8.98. The van der Waals surface area contributed by atoms with E-state index in [4.69, 9.17) is 0 Å². The van der Waals surface area contributed by atoms with Gasteiger partial charge in [0, 0.05) is 25.0 Å². The number of pyridine rings is 1. The summed E-state index contributed by atoms with van der Waals surface area (Å²) in [5, 5.41) is 27.2. The predicted molar refractivity (Wildman–Crippen MR) is 165 cm³/mol. The molecule has 222 valence electrons. The average molecular weight is 580 g/mol. The maximum absolute atomic E-state index is 12.2. The van der Waals surface area contributed by atoms with Crippen molar-refractivity contribution in [1.29, 1.82) is 0 Å². The van der Waals surface area contributed by atoms with E-state index in [1.807, 2.05) is 12.1 Å². The smallest absolute Gasteiger partial charge is 0.339 e. The van der Waals surface area contributed by atoms with Gasteiger partial charge in [0.15, 0.2) is 5.82 Å². The first kappa shape index (κ1) is 28.6. The molecule has 0 radical (unpaired) electrons. The number of benzene rings is 2. The average Bonchev–Trinajstić information content (AvgIpc) is 3.61. The first-order chi connectivity index (χ1) is 20.7.